The van der Waals surface area contributed by atoms with Gasteiger partial charge in [0.15, 0.2) is 16.8 Å². The number of aromatic amines is 1. The van der Waals surface area contributed by atoms with Crippen LogP contribution in [0.1, 0.15) is 31.1 Å². The topological polar surface area (TPSA) is 61.6 Å². The molecule has 2 aromatic rings. The summed E-state index contributed by atoms with van der Waals surface area (Å²) in [5, 5.41) is 0. The zero-order valence-corrected chi connectivity index (χ0v) is 15.1. The first kappa shape index (κ1) is 16.6. The number of aromatic nitrogens is 2. The Morgan fingerprint density at radius 1 is 1.30 bits per heavy atom. The predicted octanol–water partition coefficient (Wildman–Crippen LogP) is 2.06. The van der Waals surface area contributed by atoms with E-state index in [1.807, 2.05) is 6.07 Å². The number of hydrogen-bond acceptors (Lipinski definition) is 4. The first-order valence-electron chi connectivity index (χ1n) is 9.53. The number of imidazole rings is 1. The van der Waals surface area contributed by atoms with E-state index < -0.39 is 0 Å². The lowest BCUT2D eigenvalue weighted by Crippen LogP contribution is -2.38. The van der Waals surface area contributed by atoms with Gasteiger partial charge >= 0.3 is 0 Å². The number of nitrogens with one attached hydrogen (secondary N) is 1. The zero-order chi connectivity index (χ0) is 18.4. The first-order chi connectivity index (χ1) is 13.2. The number of allylic oxidation sites excluding steroid dienone is 1. The van der Waals surface area contributed by atoms with Crippen LogP contribution in [0.15, 0.2) is 35.1 Å². The summed E-state index contributed by atoms with van der Waals surface area (Å²) in [5.41, 5.74) is 2.66. The Labute approximate surface area is 156 Å². The number of rotatable bonds is 4. The van der Waals surface area contributed by atoms with Gasteiger partial charge in [-0.25, -0.2) is 18.9 Å². The molecule has 5 rings (SSSR count). The second-order valence-electron chi connectivity index (χ2n) is 7.43. The number of fused-ring (bicyclic) bond motifs is 1. The van der Waals surface area contributed by atoms with Crippen molar-refractivity contribution in [2.75, 3.05) is 26.3 Å². The van der Waals surface area contributed by atoms with Gasteiger partial charge in [-0.05, 0) is 25.0 Å². The van der Waals surface area contributed by atoms with Crippen molar-refractivity contribution >= 4 is 22.5 Å². The van der Waals surface area contributed by atoms with Gasteiger partial charge in [0.05, 0.1) is 19.6 Å². The maximum absolute atomic E-state index is 13.6. The fourth-order valence-electron chi connectivity index (χ4n) is 3.94. The molecule has 0 radical (unpaired) electrons. The number of H-pyrrole nitrogens is 1. The number of nitrogens with zero attached hydrogens (tertiary/aromatic N) is 3. The average Bonchev–Trinajstić information content (AvgIpc) is 3.43. The fourth-order valence-corrected chi connectivity index (χ4v) is 3.94. The monoisotopic (exact) mass is 369 g/mol. The van der Waals surface area contributed by atoms with Gasteiger partial charge in [-0.1, -0.05) is 0 Å². The minimum absolute atomic E-state index is 0.0848. The number of ketones is 1. The van der Waals surface area contributed by atoms with E-state index in [1.165, 1.54) is 12.1 Å². The summed E-state index contributed by atoms with van der Waals surface area (Å²) < 4.78 is 21.3. The number of ether oxygens (including phenoxy) is 1. The highest BCUT2D eigenvalue weighted by Crippen LogP contribution is 2.32. The number of hydrogen-bond donors (Lipinski definition) is 1. The molecule has 7 heteroatoms. The van der Waals surface area contributed by atoms with Gasteiger partial charge in [0.1, 0.15) is 17.7 Å². The maximum atomic E-state index is 13.6. The minimum atomic E-state index is -0.249. The van der Waals surface area contributed by atoms with Crippen molar-refractivity contribution in [3.05, 3.63) is 41.7 Å². The van der Waals surface area contributed by atoms with E-state index in [0.717, 1.165) is 54.3 Å². The molecule has 1 aromatic carbocycles. The molecule has 3 aliphatic rings. The predicted molar refractivity (Wildman–Crippen MR) is 98.0 cm³/mol. The molecule has 27 heavy (non-hydrogen) atoms. The van der Waals surface area contributed by atoms with Crippen molar-refractivity contribution in [1.82, 2.24) is 9.88 Å². The van der Waals surface area contributed by atoms with Gasteiger partial charge in [-0.3, -0.25) is 4.79 Å². The molecule has 1 aliphatic carbocycles. The molecule has 1 saturated heterocycles. The summed E-state index contributed by atoms with van der Waals surface area (Å²) in [4.78, 5) is 22.5. The lowest BCUT2D eigenvalue weighted by molar-refractivity contribution is -0.681. The van der Waals surface area contributed by atoms with Crippen molar-refractivity contribution in [2.24, 2.45) is 4.99 Å². The average molecular weight is 369 g/mol. The van der Waals surface area contributed by atoms with Crippen LogP contribution in [-0.2, 0) is 16.0 Å². The second-order valence-corrected chi connectivity index (χ2v) is 7.43. The molecule has 1 saturated carbocycles. The smallest absolute Gasteiger partial charge is 0.261 e. The molecule has 0 unspecified atom stereocenters. The summed E-state index contributed by atoms with van der Waals surface area (Å²) in [7, 11) is 0. The Hall–Kier alpha value is -2.54. The molecule has 0 atom stereocenters. The van der Waals surface area contributed by atoms with E-state index >= 15 is 0 Å². The molecular formula is C20H22FN4O2+. The number of halogens is 1. The van der Waals surface area contributed by atoms with Crippen LogP contribution in [-0.4, -0.2) is 47.7 Å². The highest BCUT2D eigenvalue weighted by atomic mass is 19.1. The molecule has 2 fully saturated rings. The number of carbonyl (C=O) groups is 1. The summed E-state index contributed by atoms with van der Waals surface area (Å²) in [6.45, 7) is 2.82. The molecular weight excluding hydrogens is 347 g/mol. The third-order valence-electron chi connectivity index (χ3n) is 5.35. The van der Waals surface area contributed by atoms with E-state index in [2.05, 4.69) is 14.5 Å². The van der Waals surface area contributed by atoms with Gasteiger partial charge in [0.25, 0.3) is 5.82 Å². The number of benzene rings is 1. The zero-order valence-electron chi connectivity index (χ0n) is 15.1. The van der Waals surface area contributed by atoms with Gasteiger partial charge in [-0.15, -0.1) is 0 Å². The molecule has 0 amide bonds. The molecule has 6 nitrogen and oxygen atoms in total. The molecule has 1 aromatic heterocycles. The normalized spacial score (nSPS) is 20.8. The third kappa shape index (κ3) is 3.27. The Kier molecular flexibility index (Phi) is 4.04. The molecule has 0 bridgehead atoms. The van der Waals surface area contributed by atoms with Crippen LogP contribution in [0.5, 0.6) is 0 Å². The Balaban J connectivity index is 1.47. The highest BCUT2D eigenvalue weighted by Gasteiger charge is 2.35. The van der Waals surface area contributed by atoms with E-state index in [9.17, 15) is 9.18 Å². The van der Waals surface area contributed by atoms with Crippen LogP contribution >= 0.6 is 0 Å². The van der Waals surface area contributed by atoms with Crippen molar-refractivity contribution in [3.8, 4) is 0 Å². The Bertz CT molecular complexity index is 968. The second kappa shape index (κ2) is 6.56. The standard InChI is InChI=1S/C20H21FN4O2/c21-13-1-4-18-17(9-13)23-20(25(18)15-2-3-15)11-14-10-16(26)12-19(22-14)24-5-7-27-8-6-24/h1,4,9,12,15H,2-3,5-8,10-11H2/p+1. The summed E-state index contributed by atoms with van der Waals surface area (Å²) in [5.74, 6) is 1.57. The Morgan fingerprint density at radius 3 is 2.89 bits per heavy atom. The van der Waals surface area contributed by atoms with Crippen molar-refractivity contribution < 1.29 is 18.5 Å². The largest absolute Gasteiger partial charge is 0.378 e. The number of carbonyl (C=O) groups excluding carboxylic acids is 1. The van der Waals surface area contributed by atoms with Gasteiger partial charge in [0.2, 0.25) is 0 Å². The molecule has 3 heterocycles. The SMILES string of the molecule is O=C1C=C(N2CCOCC2)N=C(Cc2[nH]c3cc(F)ccc3[n+]2C2CC2)C1. The van der Waals surface area contributed by atoms with E-state index in [0.29, 0.717) is 32.1 Å². The lowest BCUT2D eigenvalue weighted by Gasteiger charge is -2.30. The molecule has 140 valence electrons. The van der Waals surface area contributed by atoms with Crippen LogP contribution in [0.4, 0.5) is 4.39 Å². The quantitative estimate of drug-likeness (QED) is 0.840. The van der Waals surface area contributed by atoms with E-state index in [1.54, 1.807) is 6.08 Å². The Morgan fingerprint density at radius 2 is 2.11 bits per heavy atom. The van der Waals surface area contributed by atoms with Crippen LogP contribution in [0.25, 0.3) is 11.0 Å². The minimum Gasteiger partial charge on any atom is -0.378 e. The summed E-state index contributed by atoms with van der Waals surface area (Å²) in [6.07, 6.45) is 4.81. The summed E-state index contributed by atoms with van der Waals surface area (Å²) in [6, 6.07) is 5.31. The van der Waals surface area contributed by atoms with Crippen LogP contribution < -0.4 is 4.57 Å². The van der Waals surface area contributed by atoms with Gasteiger partial charge in [0, 0.05) is 37.4 Å². The molecule has 0 spiro atoms. The van der Waals surface area contributed by atoms with E-state index in [4.69, 9.17) is 9.73 Å². The van der Waals surface area contributed by atoms with Crippen molar-refractivity contribution in [2.45, 2.75) is 31.7 Å². The van der Waals surface area contributed by atoms with Crippen molar-refractivity contribution in [1.29, 1.82) is 0 Å². The van der Waals surface area contributed by atoms with E-state index in [-0.39, 0.29) is 11.6 Å². The van der Waals surface area contributed by atoms with Crippen LogP contribution in [0.2, 0.25) is 0 Å². The number of morpholine rings is 1. The highest BCUT2D eigenvalue weighted by molar-refractivity contribution is 6.09. The first-order valence-corrected chi connectivity index (χ1v) is 9.53. The lowest BCUT2D eigenvalue weighted by atomic mass is 10.1. The third-order valence-corrected chi connectivity index (χ3v) is 5.35. The summed E-state index contributed by atoms with van der Waals surface area (Å²) >= 11 is 0. The van der Waals surface area contributed by atoms with Gasteiger partial charge < -0.3 is 9.64 Å². The number of aliphatic imine (C=N–C) groups is 1. The molecule has 1 N–H and O–H groups in total. The van der Waals surface area contributed by atoms with Crippen LogP contribution in [0, 0.1) is 5.82 Å². The van der Waals surface area contributed by atoms with Crippen LogP contribution in [0.3, 0.4) is 0 Å². The molecule has 2 aliphatic heterocycles. The van der Waals surface area contributed by atoms with Crippen molar-refractivity contribution in [3.63, 3.8) is 0 Å². The fraction of sp³-hybridized carbons (Fsp3) is 0.450. The maximum Gasteiger partial charge on any atom is 0.261 e. The van der Waals surface area contributed by atoms with Gasteiger partial charge in [-0.2, -0.15) is 0 Å².